The molecule has 0 saturated carbocycles. The average molecular weight is 394 g/mol. The highest BCUT2D eigenvalue weighted by molar-refractivity contribution is 5.99. The maximum absolute atomic E-state index is 12.6. The van der Waals surface area contributed by atoms with Crippen LogP contribution in [0.1, 0.15) is 40.3 Å². The number of carbonyl (C=O) groups is 2. The number of Topliss-reactive ketones (excluding diaryl/α,β-unsaturated/α-hetero) is 1. The molecule has 1 aromatic carbocycles. The predicted octanol–water partition coefficient (Wildman–Crippen LogP) is 3.83. The van der Waals surface area contributed by atoms with Crippen LogP contribution in [-0.2, 0) is 20.7 Å². The van der Waals surface area contributed by atoms with E-state index < -0.39 is 5.97 Å². The highest BCUT2D eigenvalue weighted by atomic mass is 16.5. The first-order chi connectivity index (χ1) is 13.9. The number of fused-ring (bicyclic) bond motifs is 1. The van der Waals surface area contributed by atoms with Gasteiger partial charge in [0.05, 0.1) is 24.6 Å². The number of ketones is 1. The van der Waals surface area contributed by atoms with Crippen LogP contribution in [0.25, 0.3) is 10.9 Å². The van der Waals surface area contributed by atoms with E-state index in [1.165, 1.54) is 0 Å². The number of aryl methyl sites for hydroxylation is 1. The Morgan fingerprint density at radius 2 is 1.93 bits per heavy atom. The van der Waals surface area contributed by atoms with E-state index in [4.69, 9.17) is 9.47 Å². The molecule has 2 aromatic heterocycles. The Morgan fingerprint density at radius 3 is 2.69 bits per heavy atom. The number of aromatic nitrogens is 2. The van der Waals surface area contributed by atoms with Gasteiger partial charge in [-0.3, -0.25) is 14.6 Å². The minimum absolute atomic E-state index is 0.0749. The molecule has 0 amide bonds. The topological polar surface area (TPSA) is 70.4 Å². The Balaban J connectivity index is 1.66. The summed E-state index contributed by atoms with van der Waals surface area (Å²) in [5, 5.41) is 0.964. The van der Waals surface area contributed by atoms with E-state index in [9.17, 15) is 9.59 Å². The molecule has 0 spiro atoms. The molecule has 6 nitrogen and oxygen atoms in total. The summed E-state index contributed by atoms with van der Waals surface area (Å²) < 4.78 is 12.6. The number of hydrogen-bond acceptors (Lipinski definition) is 5. The Morgan fingerprint density at radius 1 is 1.17 bits per heavy atom. The number of methoxy groups -OCH3 is 1. The monoisotopic (exact) mass is 394 g/mol. The van der Waals surface area contributed by atoms with Gasteiger partial charge in [-0.05, 0) is 38.5 Å². The standard InChI is InChI=1S/C23H26N2O4/c1-15-11-20(17(3)25(15)16(2)13-28-4)21(26)14-29-22(27)12-19-8-5-7-18-9-6-10-24-23(18)19/h5-11,16H,12-14H2,1-4H3. The van der Waals surface area contributed by atoms with Crippen LogP contribution in [0.2, 0.25) is 0 Å². The van der Waals surface area contributed by atoms with Crippen LogP contribution in [0.4, 0.5) is 0 Å². The molecular weight excluding hydrogens is 368 g/mol. The molecule has 0 aliphatic rings. The maximum Gasteiger partial charge on any atom is 0.310 e. The second-order valence-electron chi connectivity index (χ2n) is 7.21. The van der Waals surface area contributed by atoms with Crippen LogP contribution < -0.4 is 0 Å². The van der Waals surface area contributed by atoms with Gasteiger partial charge in [0.1, 0.15) is 0 Å². The average Bonchev–Trinajstić information content (AvgIpc) is 3.01. The van der Waals surface area contributed by atoms with Crippen LogP contribution in [0.5, 0.6) is 0 Å². The molecule has 3 aromatic rings. The lowest BCUT2D eigenvalue weighted by atomic mass is 10.1. The highest BCUT2D eigenvalue weighted by Gasteiger charge is 2.20. The molecule has 1 unspecified atom stereocenters. The molecule has 0 aliphatic heterocycles. The molecule has 0 radical (unpaired) electrons. The Labute approximate surface area is 170 Å². The minimum atomic E-state index is -0.446. The first-order valence-electron chi connectivity index (χ1n) is 9.61. The van der Waals surface area contributed by atoms with Gasteiger partial charge in [0.25, 0.3) is 0 Å². The van der Waals surface area contributed by atoms with Gasteiger partial charge in [-0.25, -0.2) is 0 Å². The van der Waals surface area contributed by atoms with Crippen LogP contribution >= 0.6 is 0 Å². The summed E-state index contributed by atoms with van der Waals surface area (Å²) in [5.41, 5.74) is 3.96. The van der Waals surface area contributed by atoms with E-state index in [0.717, 1.165) is 27.9 Å². The Hall–Kier alpha value is -2.99. The molecule has 2 heterocycles. The van der Waals surface area contributed by atoms with Crippen molar-refractivity contribution in [1.82, 2.24) is 9.55 Å². The molecule has 152 valence electrons. The van der Waals surface area contributed by atoms with Gasteiger partial charge in [0.15, 0.2) is 6.61 Å². The summed E-state index contributed by atoms with van der Waals surface area (Å²) >= 11 is 0. The quantitative estimate of drug-likeness (QED) is 0.429. The second-order valence-corrected chi connectivity index (χ2v) is 7.21. The van der Waals surface area contributed by atoms with Gasteiger partial charge >= 0.3 is 5.97 Å². The van der Waals surface area contributed by atoms with E-state index >= 15 is 0 Å². The molecule has 29 heavy (non-hydrogen) atoms. The molecular formula is C23H26N2O4. The SMILES string of the molecule is COCC(C)n1c(C)cc(C(=O)COC(=O)Cc2cccc3cccnc23)c1C. The summed E-state index contributed by atoms with van der Waals surface area (Å²) in [6.07, 6.45) is 1.77. The van der Waals surface area contributed by atoms with Gasteiger partial charge < -0.3 is 14.0 Å². The minimum Gasteiger partial charge on any atom is -0.457 e. The number of para-hydroxylation sites is 1. The third kappa shape index (κ3) is 4.54. The number of nitrogens with zero attached hydrogens (tertiary/aromatic N) is 2. The van der Waals surface area contributed by atoms with Crippen molar-refractivity contribution in [2.24, 2.45) is 0 Å². The lowest BCUT2D eigenvalue weighted by Gasteiger charge is -2.17. The van der Waals surface area contributed by atoms with Crippen molar-refractivity contribution in [2.45, 2.75) is 33.2 Å². The lowest BCUT2D eigenvalue weighted by Crippen LogP contribution is -2.17. The van der Waals surface area contributed by atoms with Crippen molar-refractivity contribution in [3.05, 3.63) is 65.1 Å². The van der Waals surface area contributed by atoms with E-state index in [2.05, 4.69) is 9.55 Å². The molecule has 0 N–H and O–H groups in total. The largest absolute Gasteiger partial charge is 0.457 e. The maximum atomic E-state index is 12.6. The molecule has 1 atom stereocenters. The summed E-state index contributed by atoms with van der Waals surface area (Å²) in [7, 11) is 1.65. The fourth-order valence-corrected chi connectivity index (χ4v) is 3.79. The van der Waals surface area contributed by atoms with Crippen molar-refractivity contribution in [3.8, 4) is 0 Å². The summed E-state index contributed by atoms with van der Waals surface area (Å²) in [6, 6.07) is 11.4. The Kier molecular flexibility index (Phi) is 6.44. The normalized spacial score (nSPS) is 12.1. The number of carbonyl (C=O) groups excluding carboxylic acids is 2. The molecule has 0 fully saturated rings. The first kappa shape index (κ1) is 20.7. The van der Waals surface area contributed by atoms with Crippen LogP contribution in [0.3, 0.4) is 0 Å². The van der Waals surface area contributed by atoms with Crippen molar-refractivity contribution in [3.63, 3.8) is 0 Å². The van der Waals surface area contributed by atoms with Crippen molar-refractivity contribution in [1.29, 1.82) is 0 Å². The van der Waals surface area contributed by atoms with Gasteiger partial charge in [0, 0.05) is 35.6 Å². The second kappa shape index (κ2) is 9.01. The van der Waals surface area contributed by atoms with Gasteiger partial charge in [0.2, 0.25) is 5.78 Å². The molecule has 0 aliphatic carbocycles. The van der Waals surface area contributed by atoms with Crippen molar-refractivity contribution >= 4 is 22.7 Å². The number of rotatable bonds is 8. The third-order valence-electron chi connectivity index (χ3n) is 5.05. The van der Waals surface area contributed by atoms with Gasteiger partial charge in [-0.1, -0.05) is 24.3 Å². The van der Waals surface area contributed by atoms with Crippen LogP contribution in [0, 0.1) is 13.8 Å². The number of esters is 1. The van der Waals surface area contributed by atoms with E-state index in [0.29, 0.717) is 12.2 Å². The number of ether oxygens (including phenoxy) is 2. The van der Waals surface area contributed by atoms with Gasteiger partial charge in [-0.15, -0.1) is 0 Å². The van der Waals surface area contributed by atoms with Crippen LogP contribution in [0.15, 0.2) is 42.6 Å². The number of hydrogen-bond donors (Lipinski definition) is 0. The fraction of sp³-hybridized carbons (Fsp3) is 0.348. The zero-order chi connectivity index (χ0) is 21.0. The van der Waals surface area contributed by atoms with E-state index in [1.807, 2.05) is 57.2 Å². The van der Waals surface area contributed by atoms with E-state index in [1.54, 1.807) is 13.3 Å². The Bertz CT molecular complexity index is 1030. The highest BCUT2D eigenvalue weighted by Crippen LogP contribution is 2.21. The molecule has 0 saturated heterocycles. The molecule has 3 rings (SSSR count). The third-order valence-corrected chi connectivity index (χ3v) is 5.05. The smallest absolute Gasteiger partial charge is 0.310 e. The molecule has 6 heteroatoms. The lowest BCUT2D eigenvalue weighted by molar-refractivity contribution is -0.141. The van der Waals surface area contributed by atoms with Crippen molar-refractivity contribution < 1.29 is 19.1 Å². The summed E-state index contributed by atoms with van der Waals surface area (Å²) in [6.45, 7) is 6.17. The van der Waals surface area contributed by atoms with E-state index in [-0.39, 0.29) is 24.9 Å². The molecule has 0 bridgehead atoms. The number of benzene rings is 1. The first-order valence-corrected chi connectivity index (χ1v) is 9.61. The summed E-state index contributed by atoms with van der Waals surface area (Å²) in [5.74, 6) is -0.656. The number of pyridine rings is 1. The van der Waals surface area contributed by atoms with Crippen LogP contribution in [-0.4, -0.2) is 41.6 Å². The zero-order valence-corrected chi connectivity index (χ0v) is 17.3. The fourth-order valence-electron chi connectivity index (χ4n) is 3.79. The summed E-state index contributed by atoms with van der Waals surface area (Å²) in [4.78, 5) is 29.3. The van der Waals surface area contributed by atoms with Crippen molar-refractivity contribution in [2.75, 3.05) is 20.3 Å². The zero-order valence-electron chi connectivity index (χ0n) is 17.3. The predicted molar refractivity (Wildman–Crippen MR) is 111 cm³/mol. The van der Waals surface area contributed by atoms with Gasteiger partial charge in [-0.2, -0.15) is 0 Å².